The molecule has 0 aromatic carbocycles. The summed E-state index contributed by atoms with van der Waals surface area (Å²) in [4.78, 5) is 37.0. The monoisotopic (exact) mass is 549 g/mol. The molecule has 1 saturated heterocycles. The molecule has 1 aliphatic rings. The third-order valence-corrected chi connectivity index (χ3v) is 7.93. The molecule has 12 nitrogen and oxygen atoms in total. The Morgan fingerprint density at radius 3 is 2.15 bits per heavy atom. The SMILES string of the molecule is CC(C)(C)S(=O)(=O)NC(=O)c1ccc(N2CCN(C(=O)c3cncc(C#Cc4cncc(O)c4)c3)CC2)nn1. The number of carbonyl (C=O) groups excluding carboxylic acids is 2. The van der Waals surface area contributed by atoms with Gasteiger partial charge in [-0.25, -0.2) is 13.1 Å². The summed E-state index contributed by atoms with van der Waals surface area (Å²) in [6.07, 6.45) is 5.89. The molecular weight excluding hydrogens is 522 g/mol. The maximum Gasteiger partial charge on any atom is 0.285 e. The first-order valence-electron chi connectivity index (χ1n) is 12.0. The van der Waals surface area contributed by atoms with Gasteiger partial charge in [-0.15, -0.1) is 10.2 Å². The molecule has 1 aliphatic heterocycles. The fourth-order valence-corrected chi connectivity index (χ4v) is 4.18. The number of aromatic hydroxyl groups is 1. The minimum absolute atomic E-state index is 0.0157. The van der Waals surface area contributed by atoms with Gasteiger partial charge < -0.3 is 14.9 Å². The van der Waals surface area contributed by atoms with Gasteiger partial charge >= 0.3 is 0 Å². The number of pyridine rings is 2. The van der Waals surface area contributed by atoms with E-state index in [4.69, 9.17) is 0 Å². The molecule has 3 aromatic rings. The Morgan fingerprint density at radius 1 is 0.923 bits per heavy atom. The van der Waals surface area contributed by atoms with E-state index in [-0.39, 0.29) is 17.4 Å². The van der Waals surface area contributed by atoms with Crippen LogP contribution in [0.4, 0.5) is 5.82 Å². The quantitative estimate of drug-likeness (QED) is 0.453. The van der Waals surface area contributed by atoms with Gasteiger partial charge in [0.2, 0.25) is 10.0 Å². The molecule has 2 N–H and O–H groups in total. The fraction of sp³-hybridized carbons (Fsp3) is 0.308. The summed E-state index contributed by atoms with van der Waals surface area (Å²) < 4.78 is 25.3. The lowest BCUT2D eigenvalue weighted by atomic mass is 10.1. The Morgan fingerprint density at radius 2 is 1.56 bits per heavy atom. The van der Waals surface area contributed by atoms with Crippen molar-refractivity contribution in [2.45, 2.75) is 25.5 Å². The average Bonchev–Trinajstić information content (AvgIpc) is 2.91. The molecular formula is C26H27N7O5S. The van der Waals surface area contributed by atoms with Gasteiger partial charge in [0.25, 0.3) is 11.8 Å². The standard InChI is InChI=1S/C26H27N7O5S/c1-26(2,3)39(37,38)31-24(35)22-6-7-23(30-29-22)32-8-10-33(11-9-32)25(36)20-12-18(14-27-16-20)4-5-19-13-21(34)17-28-15-19/h6-7,12-17,34H,8-11H2,1-3H3,(H,31,35). The van der Waals surface area contributed by atoms with Crippen molar-refractivity contribution in [2.75, 3.05) is 31.1 Å². The number of carbonyl (C=O) groups is 2. The lowest BCUT2D eigenvalue weighted by Gasteiger charge is -2.35. The predicted molar refractivity (Wildman–Crippen MR) is 142 cm³/mol. The van der Waals surface area contributed by atoms with E-state index in [1.807, 2.05) is 9.62 Å². The van der Waals surface area contributed by atoms with Crippen LogP contribution in [0.1, 0.15) is 52.7 Å². The molecule has 1 fully saturated rings. The van der Waals surface area contributed by atoms with Crippen LogP contribution >= 0.6 is 0 Å². The molecule has 0 bridgehead atoms. The van der Waals surface area contributed by atoms with E-state index in [0.717, 1.165) is 0 Å². The summed E-state index contributed by atoms with van der Waals surface area (Å²) in [5, 5.41) is 17.5. The predicted octanol–water partition coefficient (Wildman–Crippen LogP) is 1.19. The second-order valence-electron chi connectivity index (χ2n) is 9.75. The Balaban J connectivity index is 1.36. The van der Waals surface area contributed by atoms with Crippen LogP contribution in [0.15, 0.2) is 49.1 Å². The number of nitrogens with zero attached hydrogens (tertiary/aromatic N) is 6. The smallest absolute Gasteiger partial charge is 0.285 e. The van der Waals surface area contributed by atoms with Crippen molar-refractivity contribution in [1.82, 2.24) is 29.8 Å². The van der Waals surface area contributed by atoms with E-state index in [9.17, 15) is 23.1 Å². The van der Waals surface area contributed by atoms with Gasteiger partial charge in [-0.1, -0.05) is 11.8 Å². The third-order valence-electron chi connectivity index (χ3n) is 5.87. The molecule has 3 aromatic heterocycles. The molecule has 2 amide bonds. The number of sulfonamides is 1. The molecule has 4 heterocycles. The summed E-state index contributed by atoms with van der Waals surface area (Å²) in [6, 6.07) is 6.17. The molecule has 0 saturated carbocycles. The van der Waals surface area contributed by atoms with Crippen LogP contribution in [-0.2, 0) is 10.0 Å². The van der Waals surface area contributed by atoms with Gasteiger partial charge in [0.15, 0.2) is 11.5 Å². The summed E-state index contributed by atoms with van der Waals surface area (Å²) in [6.45, 7) is 6.29. The highest BCUT2D eigenvalue weighted by atomic mass is 32.2. The molecule has 39 heavy (non-hydrogen) atoms. The second-order valence-corrected chi connectivity index (χ2v) is 12.2. The first-order valence-corrected chi connectivity index (χ1v) is 13.5. The molecule has 0 atom stereocenters. The van der Waals surface area contributed by atoms with Crippen LogP contribution in [0.2, 0.25) is 0 Å². The van der Waals surface area contributed by atoms with E-state index < -0.39 is 20.7 Å². The van der Waals surface area contributed by atoms with Crippen LogP contribution in [0.3, 0.4) is 0 Å². The zero-order valence-corrected chi connectivity index (χ0v) is 22.4. The normalized spacial score (nSPS) is 13.8. The van der Waals surface area contributed by atoms with Crippen LogP contribution in [0.25, 0.3) is 0 Å². The van der Waals surface area contributed by atoms with Crippen molar-refractivity contribution >= 4 is 27.7 Å². The van der Waals surface area contributed by atoms with Gasteiger partial charge in [0.1, 0.15) is 5.75 Å². The van der Waals surface area contributed by atoms with Gasteiger partial charge in [0.05, 0.1) is 16.5 Å². The number of nitrogens with one attached hydrogen (secondary N) is 1. The van der Waals surface area contributed by atoms with Gasteiger partial charge in [0, 0.05) is 55.9 Å². The number of anilines is 1. The van der Waals surface area contributed by atoms with Crippen LogP contribution in [0.5, 0.6) is 5.75 Å². The van der Waals surface area contributed by atoms with Gasteiger partial charge in [-0.3, -0.25) is 19.6 Å². The Kier molecular flexibility index (Phi) is 7.78. The lowest BCUT2D eigenvalue weighted by Crippen LogP contribution is -2.49. The van der Waals surface area contributed by atoms with Gasteiger partial charge in [-0.2, -0.15) is 0 Å². The molecule has 202 valence electrons. The molecule has 0 spiro atoms. The molecule has 0 radical (unpaired) electrons. The molecule has 13 heteroatoms. The van der Waals surface area contributed by atoms with E-state index in [1.165, 1.54) is 51.5 Å². The van der Waals surface area contributed by atoms with Crippen molar-refractivity contribution < 1.29 is 23.1 Å². The summed E-state index contributed by atoms with van der Waals surface area (Å²) in [5.41, 5.74) is 1.38. The van der Waals surface area contributed by atoms with Crippen molar-refractivity contribution in [1.29, 1.82) is 0 Å². The topological polar surface area (TPSA) is 159 Å². The van der Waals surface area contributed by atoms with E-state index >= 15 is 0 Å². The fourth-order valence-electron chi connectivity index (χ4n) is 3.53. The number of hydrogen-bond donors (Lipinski definition) is 2. The maximum absolute atomic E-state index is 13.1. The Bertz CT molecular complexity index is 1550. The Hall–Kier alpha value is -4.57. The summed E-state index contributed by atoms with van der Waals surface area (Å²) >= 11 is 0. The van der Waals surface area contributed by atoms with E-state index in [0.29, 0.717) is 48.7 Å². The highest BCUT2D eigenvalue weighted by molar-refractivity contribution is 7.91. The number of rotatable bonds is 4. The highest BCUT2D eigenvalue weighted by Crippen LogP contribution is 2.17. The first-order chi connectivity index (χ1) is 18.4. The first kappa shape index (κ1) is 27.5. The van der Waals surface area contributed by atoms with E-state index in [1.54, 1.807) is 23.2 Å². The van der Waals surface area contributed by atoms with E-state index in [2.05, 4.69) is 32.0 Å². The molecule has 0 unspecified atom stereocenters. The van der Waals surface area contributed by atoms with Crippen molar-refractivity contribution in [2.24, 2.45) is 0 Å². The van der Waals surface area contributed by atoms with Crippen LogP contribution in [-0.4, -0.2) is 81.3 Å². The minimum Gasteiger partial charge on any atom is -0.506 e. The second kappa shape index (κ2) is 11.0. The molecule has 4 rings (SSSR count). The zero-order chi connectivity index (χ0) is 28.2. The summed E-state index contributed by atoms with van der Waals surface area (Å²) in [7, 11) is -3.87. The molecule has 0 aliphatic carbocycles. The minimum atomic E-state index is -3.87. The maximum atomic E-state index is 13.1. The number of amides is 2. The van der Waals surface area contributed by atoms with Gasteiger partial charge in [-0.05, 0) is 45.0 Å². The number of aromatic nitrogens is 4. The van der Waals surface area contributed by atoms with Crippen LogP contribution in [0, 0.1) is 11.8 Å². The largest absolute Gasteiger partial charge is 0.506 e. The zero-order valence-electron chi connectivity index (χ0n) is 21.6. The third kappa shape index (κ3) is 6.66. The Labute approximate surface area is 226 Å². The summed E-state index contributed by atoms with van der Waals surface area (Å²) in [5.74, 6) is 5.32. The average molecular weight is 550 g/mol. The van der Waals surface area contributed by atoms with Crippen molar-refractivity contribution in [3.8, 4) is 17.6 Å². The van der Waals surface area contributed by atoms with Crippen molar-refractivity contribution in [3.63, 3.8) is 0 Å². The van der Waals surface area contributed by atoms with Crippen molar-refractivity contribution in [3.05, 3.63) is 71.4 Å². The lowest BCUT2D eigenvalue weighted by molar-refractivity contribution is 0.0745. The highest BCUT2D eigenvalue weighted by Gasteiger charge is 2.31. The number of hydrogen-bond acceptors (Lipinski definition) is 10. The number of piperazine rings is 1. The van der Waals surface area contributed by atoms with Crippen LogP contribution < -0.4 is 9.62 Å².